The van der Waals surface area contributed by atoms with E-state index in [2.05, 4.69) is 0 Å². The molecule has 2 aromatic rings. The molecule has 0 aliphatic carbocycles. The van der Waals surface area contributed by atoms with Crippen molar-refractivity contribution in [3.8, 4) is 5.75 Å². The van der Waals surface area contributed by atoms with Crippen LogP contribution in [0, 0.1) is 0 Å². The zero-order chi connectivity index (χ0) is 14.0. The smallest absolute Gasteiger partial charge is 0.198 e. The van der Waals surface area contributed by atoms with Gasteiger partial charge in [-0.1, -0.05) is 23.2 Å². The van der Waals surface area contributed by atoms with Crippen LogP contribution in [0.5, 0.6) is 5.75 Å². The van der Waals surface area contributed by atoms with Gasteiger partial charge in [0.05, 0.1) is 17.7 Å². The maximum Gasteiger partial charge on any atom is 0.198 e. The van der Waals surface area contributed by atoms with Crippen LogP contribution in [0.1, 0.15) is 15.9 Å². The average Bonchev–Trinajstić information content (AvgIpc) is 2.40. The molecule has 2 N–H and O–H groups in total. The fraction of sp³-hybridized carbons (Fsp3) is 0.0714. The Kier molecular flexibility index (Phi) is 3.98. The molecule has 0 aromatic heterocycles. The molecule has 0 radical (unpaired) electrons. The third-order valence-electron chi connectivity index (χ3n) is 2.64. The highest BCUT2D eigenvalue weighted by atomic mass is 35.5. The van der Waals surface area contributed by atoms with Crippen molar-refractivity contribution in [1.29, 1.82) is 0 Å². The van der Waals surface area contributed by atoms with Gasteiger partial charge in [-0.15, -0.1) is 0 Å². The predicted molar refractivity (Wildman–Crippen MR) is 77.3 cm³/mol. The monoisotopic (exact) mass is 295 g/mol. The predicted octanol–water partition coefficient (Wildman–Crippen LogP) is 3.82. The van der Waals surface area contributed by atoms with Crippen LogP contribution >= 0.6 is 23.2 Å². The highest BCUT2D eigenvalue weighted by Gasteiger charge is 2.17. The number of ether oxygens (including phenoxy) is 1. The van der Waals surface area contributed by atoms with Crippen molar-refractivity contribution in [1.82, 2.24) is 0 Å². The molecule has 2 aromatic carbocycles. The number of methoxy groups -OCH3 is 1. The van der Waals surface area contributed by atoms with Crippen molar-refractivity contribution in [2.75, 3.05) is 12.8 Å². The molecule has 0 unspecified atom stereocenters. The first-order valence-electron chi connectivity index (χ1n) is 5.46. The lowest BCUT2D eigenvalue weighted by atomic mass is 10.0. The number of hydrogen-bond donors (Lipinski definition) is 1. The summed E-state index contributed by atoms with van der Waals surface area (Å²) in [5.41, 5.74) is 6.90. The third kappa shape index (κ3) is 2.83. The maximum absolute atomic E-state index is 12.4. The molecule has 0 fully saturated rings. The summed E-state index contributed by atoms with van der Waals surface area (Å²) in [6.45, 7) is 0. The Morgan fingerprint density at radius 2 is 1.84 bits per heavy atom. The lowest BCUT2D eigenvalue weighted by molar-refractivity contribution is 0.103. The molecule has 0 spiro atoms. The lowest BCUT2D eigenvalue weighted by Gasteiger charge is -2.09. The topological polar surface area (TPSA) is 52.3 Å². The zero-order valence-electron chi connectivity index (χ0n) is 10.1. The molecule has 19 heavy (non-hydrogen) atoms. The summed E-state index contributed by atoms with van der Waals surface area (Å²) in [5.74, 6) is 0.144. The first kappa shape index (κ1) is 13.7. The Labute approximate surface area is 120 Å². The van der Waals surface area contributed by atoms with Crippen molar-refractivity contribution in [3.63, 3.8) is 0 Å². The molecule has 0 aliphatic rings. The number of anilines is 1. The van der Waals surface area contributed by atoms with Crippen molar-refractivity contribution in [3.05, 3.63) is 57.6 Å². The van der Waals surface area contributed by atoms with Gasteiger partial charge in [-0.25, -0.2) is 0 Å². The van der Waals surface area contributed by atoms with E-state index >= 15 is 0 Å². The van der Waals surface area contributed by atoms with E-state index in [1.165, 1.54) is 13.2 Å². The standard InChI is InChI=1S/C14H11Cl2NO2/c1-19-13-7-9(17)3-4-10(13)14(18)11-6-8(15)2-5-12(11)16/h2-7H,17H2,1H3. The number of carbonyl (C=O) groups is 1. The van der Waals surface area contributed by atoms with Crippen LogP contribution in [0.15, 0.2) is 36.4 Å². The summed E-state index contributed by atoms with van der Waals surface area (Å²) >= 11 is 11.9. The normalized spacial score (nSPS) is 10.3. The first-order chi connectivity index (χ1) is 9.02. The van der Waals surface area contributed by atoms with E-state index in [1.54, 1.807) is 30.3 Å². The van der Waals surface area contributed by atoms with E-state index in [0.29, 0.717) is 32.6 Å². The fourth-order valence-corrected chi connectivity index (χ4v) is 2.09. The molecule has 0 amide bonds. The SMILES string of the molecule is COc1cc(N)ccc1C(=O)c1cc(Cl)ccc1Cl. The molecule has 2 rings (SSSR count). The summed E-state index contributed by atoms with van der Waals surface area (Å²) in [6.07, 6.45) is 0. The molecule has 0 saturated heterocycles. The molecular formula is C14H11Cl2NO2. The number of benzene rings is 2. The number of nitrogen functional groups attached to an aromatic ring is 1. The van der Waals surface area contributed by atoms with Gasteiger partial charge in [-0.3, -0.25) is 4.79 Å². The van der Waals surface area contributed by atoms with Gasteiger partial charge in [0.25, 0.3) is 0 Å². The van der Waals surface area contributed by atoms with Gasteiger partial charge in [-0.05, 0) is 30.3 Å². The first-order valence-corrected chi connectivity index (χ1v) is 6.22. The Morgan fingerprint density at radius 1 is 1.11 bits per heavy atom. The average molecular weight is 296 g/mol. The Balaban J connectivity index is 2.53. The van der Waals surface area contributed by atoms with Crippen LogP contribution in [0.25, 0.3) is 0 Å². The molecule has 0 aliphatic heterocycles. The summed E-state index contributed by atoms with van der Waals surface area (Å²) in [6, 6.07) is 9.57. The summed E-state index contributed by atoms with van der Waals surface area (Å²) in [5, 5.41) is 0.787. The Hall–Kier alpha value is -1.71. The number of nitrogens with two attached hydrogens (primary N) is 1. The summed E-state index contributed by atoms with van der Waals surface area (Å²) < 4.78 is 5.16. The van der Waals surface area contributed by atoms with Crippen molar-refractivity contribution in [2.45, 2.75) is 0 Å². The van der Waals surface area contributed by atoms with Crippen LogP contribution < -0.4 is 10.5 Å². The molecule has 0 heterocycles. The van der Waals surface area contributed by atoms with Gasteiger partial charge < -0.3 is 10.5 Å². The van der Waals surface area contributed by atoms with E-state index in [0.717, 1.165) is 0 Å². The van der Waals surface area contributed by atoms with Gasteiger partial charge in [0.2, 0.25) is 0 Å². The van der Waals surface area contributed by atoms with Crippen LogP contribution in [0.2, 0.25) is 10.0 Å². The fourth-order valence-electron chi connectivity index (χ4n) is 1.71. The Bertz CT molecular complexity index is 641. The molecule has 98 valence electrons. The van der Waals surface area contributed by atoms with Crippen LogP contribution in [-0.2, 0) is 0 Å². The van der Waals surface area contributed by atoms with Crippen LogP contribution in [0.4, 0.5) is 5.69 Å². The van der Waals surface area contributed by atoms with Crippen molar-refractivity contribution < 1.29 is 9.53 Å². The Morgan fingerprint density at radius 3 is 2.53 bits per heavy atom. The third-order valence-corrected chi connectivity index (χ3v) is 3.21. The van der Waals surface area contributed by atoms with E-state index in [4.69, 9.17) is 33.7 Å². The van der Waals surface area contributed by atoms with Gasteiger partial charge in [0.15, 0.2) is 5.78 Å². The number of ketones is 1. The molecule has 0 saturated carbocycles. The van der Waals surface area contributed by atoms with Gasteiger partial charge in [0.1, 0.15) is 5.75 Å². The molecule has 0 atom stereocenters. The molecule has 0 bridgehead atoms. The van der Waals surface area contributed by atoms with E-state index < -0.39 is 0 Å². The second kappa shape index (κ2) is 5.51. The van der Waals surface area contributed by atoms with E-state index in [-0.39, 0.29) is 5.78 Å². The van der Waals surface area contributed by atoms with Crippen LogP contribution in [0.3, 0.4) is 0 Å². The van der Waals surface area contributed by atoms with Gasteiger partial charge >= 0.3 is 0 Å². The van der Waals surface area contributed by atoms with Gasteiger partial charge in [0, 0.05) is 22.3 Å². The number of hydrogen-bond acceptors (Lipinski definition) is 3. The molecular weight excluding hydrogens is 285 g/mol. The highest BCUT2D eigenvalue weighted by molar-refractivity contribution is 6.36. The highest BCUT2D eigenvalue weighted by Crippen LogP contribution is 2.28. The van der Waals surface area contributed by atoms with Crippen LogP contribution in [-0.4, -0.2) is 12.9 Å². The number of halogens is 2. The minimum Gasteiger partial charge on any atom is -0.496 e. The molecule has 3 nitrogen and oxygen atoms in total. The zero-order valence-corrected chi connectivity index (χ0v) is 11.6. The van der Waals surface area contributed by atoms with E-state index in [9.17, 15) is 4.79 Å². The number of rotatable bonds is 3. The van der Waals surface area contributed by atoms with Gasteiger partial charge in [-0.2, -0.15) is 0 Å². The second-order valence-electron chi connectivity index (χ2n) is 3.91. The minimum absolute atomic E-state index is 0.260. The minimum atomic E-state index is -0.260. The quantitative estimate of drug-likeness (QED) is 0.692. The second-order valence-corrected chi connectivity index (χ2v) is 4.76. The largest absolute Gasteiger partial charge is 0.496 e. The summed E-state index contributed by atoms with van der Waals surface area (Å²) in [4.78, 5) is 12.4. The number of carbonyl (C=O) groups excluding carboxylic acids is 1. The lowest BCUT2D eigenvalue weighted by Crippen LogP contribution is -2.05. The van der Waals surface area contributed by atoms with Crippen molar-refractivity contribution in [2.24, 2.45) is 0 Å². The summed E-state index contributed by atoms with van der Waals surface area (Å²) in [7, 11) is 1.48. The van der Waals surface area contributed by atoms with Crippen molar-refractivity contribution >= 4 is 34.7 Å². The maximum atomic E-state index is 12.4. The van der Waals surface area contributed by atoms with E-state index in [1.807, 2.05) is 0 Å². The molecule has 5 heteroatoms.